The summed E-state index contributed by atoms with van der Waals surface area (Å²) in [6, 6.07) is 72.2. The van der Waals surface area contributed by atoms with Crippen LogP contribution < -0.4 is 0 Å². The van der Waals surface area contributed by atoms with Gasteiger partial charge in [-0.05, 0) is 75.2 Å². The second-order valence-corrected chi connectivity index (χ2v) is 16.1. The van der Waals surface area contributed by atoms with Crippen LogP contribution in [0, 0.1) is 0 Å². The number of hydrogen-bond donors (Lipinski definition) is 0. The Kier molecular flexibility index (Phi) is 7.84. The average Bonchev–Trinajstić information content (AvgIpc) is 3.79. The molecule has 8 aromatic carbocycles. The van der Waals surface area contributed by atoms with Crippen LogP contribution in [0.15, 0.2) is 200 Å². The van der Waals surface area contributed by atoms with Gasteiger partial charge in [-0.1, -0.05) is 182 Å². The Hall–Kier alpha value is -6.94. The zero-order chi connectivity index (χ0) is 37.9. The molecule has 11 rings (SSSR count). The Morgan fingerprint density at radius 1 is 0.386 bits per heavy atom. The molecule has 0 bridgehead atoms. The molecule has 1 atom stereocenters. The molecule has 1 aliphatic rings. The standard InChI is InChI=1S/C54H36N2S/c1-54(39-17-6-3-7-18-39)46-24-12-10-22-45(46)52-44(23-14-25-47(52)54)40-19-8-9-20-41(40)49-34-48(55-53(56-49)37-15-4-2-5-16-37)36-29-27-35(28-30-36)38-31-32-43-42-21-11-13-26-50(42)57-51(43)33-38/h2-34H,1H3. The lowest BCUT2D eigenvalue weighted by atomic mass is 9.74. The van der Waals surface area contributed by atoms with E-state index in [4.69, 9.17) is 9.97 Å². The number of benzene rings is 8. The number of thiophene rings is 1. The van der Waals surface area contributed by atoms with Crippen LogP contribution in [0.2, 0.25) is 0 Å². The second kappa shape index (κ2) is 13.4. The highest BCUT2D eigenvalue weighted by Gasteiger charge is 2.41. The van der Waals surface area contributed by atoms with Gasteiger partial charge in [-0.3, -0.25) is 0 Å². The second-order valence-electron chi connectivity index (χ2n) is 15.0. The lowest BCUT2D eigenvalue weighted by molar-refractivity contribution is 0.714. The molecule has 0 fully saturated rings. The zero-order valence-corrected chi connectivity index (χ0v) is 32.2. The largest absolute Gasteiger partial charge is 0.228 e. The first-order valence-electron chi connectivity index (χ1n) is 19.5. The molecule has 2 nitrogen and oxygen atoms in total. The van der Waals surface area contributed by atoms with Gasteiger partial charge in [-0.2, -0.15) is 0 Å². The van der Waals surface area contributed by atoms with Gasteiger partial charge in [0.25, 0.3) is 0 Å². The van der Waals surface area contributed by atoms with Crippen LogP contribution in [-0.4, -0.2) is 9.97 Å². The maximum absolute atomic E-state index is 5.30. The van der Waals surface area contributed by atoms with E-state index in [2.05, 4.69) is 201 Å². The highest BCUT2D eigenvalue weighted by molar-refractivity contribution is 7.25. The van der Waals surface area contributed by atoms with Gasteiger partial charge in [-0.25, -0.2) is 9.97 Å². The molecule has 268 valence electrons. The summed E-state index contributed by atoms with van der Waals surface area (Å²) in [5, 5.41) is 2.63. The molecule has 0 amide bonds. The quantitative estimate of drug-likeness (QED) is 0.169. The van der Waals surface area contributed by atoms with Gasteiger partial charge in [0.2, 0.25) is 0 Å². The number of fused-ring (bicyclic) bond motifs is 6. The molecular formula is C54H36N2S. The first-order valence-corrected chi connectivity index (χ1v) is 20.3. The van der Waals surface area contributed by atoms with Crippen molar-refractivity contribution in [3.63, 3.8) is 0 Å². The van der Waals surface area contributed by atoms with Gasteiger partial charge in [0.15, 0.2) is 5.82 Å². The minimum atomic E-state index is -0.281. The van der Waals surface area contributed by atoms with Crippen molar-refractivity contribution in [2.75, 3.05) is 0 Å². The summed E-state index contributed by atoms with van der Waals surface area (Å²) in [5.41, 5.74) is 15.9. The van der Waals surface area contributed by atoms with E-state index >= 15 is 0 Å². The smallest absolute Gasteiger partial charge is 0.160 e. The first-order chi connectivity index (χ1) is 28.1. The van der Waals surface area contributed by atoms with Crippen molar-refractivity contribution >= 4 is 31.5 Å². The fourth-order valence-corrected chi connectivity index (χ4v) is 10.1. The molecule has 0 radical (unpaired) electrons. The maximum Gasteiger partial charge on any atom is 0.160 e. The normalized spacial score (nSPS) is 14.5. The van der Waals surface area contributed by atoms with Gasteiger partial charge in [0.05, 0.1) is 11.4 Å². The van der Waals surface area contributed by atoms with Crippen molar-refractivity contribution in [3.05, 3.63) is 217 Å². The summed E-state index contributed by atoms with van der Waals surface area (Å²) < 4.78 is 2.63. The number of rotatable bonds is 6. The van der Waals surface area contributed by atoms with Crippen LogP contribution in [0.3, 0.4) is 0 Å². The molecule has 2 aromatic heterocycles. The van der Waals surface area contributed by atoms with Crippen molar-refractivity contribution in [2.24, 2.45) is 0 Å². The molecule has 0 saturated carbocycles. The van der Waals surface area contributed by atoms with Gasteiger partial charge in [0, 0.05) is 42.3 Å². The van der Waals surface area contributed by atoms with Crippen molar-refractivity contribution < 1.29 is 0 Å². The van der Waals surface area contributed by atoms with Crippen LogP contribution in [0.1, 0.15) is 23.6 Å². The third-order valence-corrected chi connectivity index (χ3v) is 13.0. The van der Waals surface area contributed by atoms with Crippen molar-refractivity contribution in [3.8, 4) is 67.3 Å². The number of aromatic nitrogens is 2. The van der Waals surface area contributed by atoms with Crippen LogP contribution >= 0.6 is 11.3 Å². The Labute approximate surface area is 336 Å². The lowest BCUT2D eigenvalue weighted by Crippen LogP contribution is -2.22. The summed E-state index contributed by atoms with van der Waals surface area (Å²) in [6.45, 7) is 2.37. The lowest BCUT2D eigenvalue weighted by Gasteiger charge is -2.28. The highest BCUT2D eigenvalue weighted by atomic mass is 32.1. The van der Waals surface area contributed by atoms with E-state index in [0.29, 0.717) is 5.82 Å². The van der Waals surface area contributed by atoms with Crippen LogP contribution in [-0.2, 0) is 5.41 Å². The van der Waals surface area contributed by atoms with E-state index in [1.807, 2.05) is 17.4 Å². The molecule has 57 heavy (non-hydrogen) atoms. The fraction of sp³-hybridized carbons (Fsp3) is 0.0370. The highest BCUT2D eigenvalue weighted by Crippen LogP contribution is 2.55. The van der Waals surface area contributed by atoms with E-state index in [0.717, 1.165) is 33.6 Å². The molecule has 3 heteroatoms. The van der Waals surface area contributed by atoms with Crippen molar-refractivity contribution in [1.29, 1.82) is 0 Å². The SMILES string of the molecule is CC1(c2ccccc2)c2ccccc2-c2c(-c3ccccc3-c3cc(-c4ccc(-c5ccc6c(c5)sc5ccccc56)cc4)nc(-c4ccccc4)n3)cccc21. The number of hydrogen-bond acceptors (Lipinski definition) is 3. The molecule has 0 saturated heterocycles. The zero-order valence-electron chi connectivity index (χ0n) is 31.4. The molecular weight excluding hydrogens is 709 g/mol. The van der Waals surface area contributed by atoms with Crippen LogP contribution in [0.5, 0.6) is 0 Å². The summed E-state index contributed by atoms with van der Waals surface area (Å²) in [7, 11) is 0. The van der Waals surface area contributed by atoms with Crippen molar-refractivity contribution in [2.45, 2.75) is 12.3 Å². The van der Waals surface area contributed by atoms with E-state index in [1.54, 1.807) is 0 Å². The fourth-order valence-electron chi connectivity index (χ4n) is 8.98. The van der Waals surface area contributed by atoms with E-state index < -0.39 is 0 Å². The molecule has 0 aliphatic heterocycles. The third kappa shape index (κ3) is 5.46. The summed E-state index contributed by atoms with van der Waals surface area (Å²) in [6.07, 6.45) is 0. The molecule has 10 aromatic rings. The van der Waals surface area contributed by atoms with E-state index in [9.17, 15) is 0 Å². The maximum atomic E-state index is 5.30. The Bertz CT molecular complexity index is 3130. The Morgan fingerprint density at radius 3 is 1.81 bits per heavy atom. The Morgan fingerprint density at radius 2 is 0.982 bits per heavy atom. The number of nitrogens with zero attached hydrogens (tertiary/aromatic N) is 2. The predicted octanol–water partition coefficient (Wildman–Crippen LogP) is 14.5. The molecule has 1 unspecified atom stereocenters. The molecule has 0 spiro atoms. The summed E-state index contributed by atoms with van der Waals surface area (Å²) in [5.74, 6) is 0.706. The average molecular weight is 745 g/mol. The summed E-state index contributed by atoms with van der Waals surface area (Å²) in [4.78, 5) is 10.5. The Balaban J connectivity index is 1.04. The molecule has 2 heterocycles. The van der Waals surface area contributed by atoms with Crippen LogP contribution in [0.4, 0.5) is 0 Å². The van der Waals surface area contributed by atoms with Gasteiger partial charge < -0.3 is 0 Å². The van der Waals surface area contributed by atoms with Gasteiger partial charge in [0.1, 0.15) is 0 Å². The van der Waals surface area contributed by atoms with Crippen molar-refractivity contribution in [1.82, 2.24) is 9.97 Å². The van der Waals surface area contributed by atoms with Gasteiger partial charge >= 0.3 is 0 Å². The molecule has 0 N–H and O–H groups in total. The minimum absolute atomic E-state index is 0.281. The predicted molar refractivity (Wildman–Crippen MR) is 240 cm³/mol. The summed E-state index contributed by atoms with van der Waals surface area (Å²) >= 11 is 1.85. The topological polar surface area (TPSA) is 25.8 Å². The monoisotopic (exact) mass is 744 g/mol. The first kappa shape index (κ1) is 33.4. The van der Waals surface area contributed by atoms with E-state index in [-0.39, 0.29) is 5.41 Å². The van der Waals surface area contributed by atoms with E-state index in [1.165, 1.54) is 64.7 Å². The van der Waals surface area contributed by atoms with Crippen LogP contribution in [0.25, 0.3) is 87.5 Å². The minimum Gasteiger partial charge on any atom is -0.228 e. The van der Waals surface area contributed by atoms with Gasteiger partial charge in [-0.15, -0.1) is 11.3 Å². The third-order valence-electron chi connectivity index (χ3n) is 11.8. The molecule has 1 aliphatic carbocycles.